The van der Waals surface area contributed by atoms with Crippen molar-refractivity contribution in [3.63, 3.8) is 0 Å². The Morgan fingerprint density at radius 1 is 1.33 bits per heavy atom. The molecular formula is C12H27N3O2S. The highest BCUT2D eigenvalue weighted by Crippen LogP contribution is 2.26. The highest BCUT2D eigenvalue weighted by molar-refractivity contribution is 7.89. The second-order valence-electron chi connectivity index (χ2n) is 5.16. The van der Waals surface area contributed by atoms with E-state index >= 15 is 0 Å². The lowest BCUT2D eigenvalue weighted by atomic mass is 10.3. The molecule has 0 aromatic carbocycles. The topological polar surface area (TPSA) is 61.4 Å². The third-order valence-corrected chi connectivity index (χ3v) is 4.74. The second-order valence-corrected chi connectivity index (χ2v) is 7.09. The average molecular weight is 277 g/mol. The summed E-state index contributed by atoms with van der Waals surface area (Å²) in [4.78, 5) is 2.26. The third-order valence-electron chi connectivity index (χ3n) is 3.39. The zero-order valence-electron chi connectivity index (χ0n) is 11.8. The summed E-state index contributed by atoms with van der Waals surface area (Å²) in [5.41, 5.74) is 0. The van der Waals surface area contributed by atoms with Crippen LogP contribution in [0.25, 0.3) is 0 Å². The Morgan fingerprint density at radius 2 is 2.00 bits per heavy atom. The molecule has 1 unspecified atom stereocenters. The minimum atomic E-state index is -3.14. The molecule has 0 radical (unpaired) electrons. The monoisotopic (exact) mass is 277 g/mol. The quantitative estimate of drug-likeness (QED) is 0.567. The Balaban J connectivity index is 2.19. The third kappa shape index (κ3) is 6.13. The normalized spacial score (nSPS) is 18.2. The maximum absolute atomic E-state index is 11.7. The van der Waals surface area contributed by atoms with Crippen molar-refractivity contribution in [3.05, 3.63) is 0 Å². The number of hydrogen-bond acceptors (Lipinski definition) is 4. The Hall–Kier alpha value is -0.170. The molecule has 1 aliphatic carbocycles. The van der Waals surface area contributed by atoms with Gasteiger partial charge in [-0.15, -0.1) is 0 Å². The number of nitrogens with one attached hydrogen (secondary N) is 2. The molecule has 18 heavy (non-hydrogen) atoms. The van der Waals surface area contributed by atoms with Crippen LogP contribution in [0.15, 0.2) is 0 Å². The zero-order chi connectivity index (χ0) is 13.6. The largest absolute Gasteiger partial charge is 0.316 e. The van der Waals surface area contributed by atoms with E-state index in [0.29, 0.717) is 19.1 Å². The molecule has 1 aliphatic rings. The molecule has 2 N–H and O–H groups in total. The van der Waals surface area contributed by atoms with E-state index in [1.807, 2.05) is 0 Å². The molecule has 108 valence electrons. The van der Waals surface area contributed by atoms with Crippen molar-refractivity contribution in [2.24, 2.45) is 0 Å². The fourth-order valence-corrected chi connectivity index (χ4v) is 2.87. The second kappa shape index (κ2) is 7.43. The van der Waals surface area contributed by atoms with Gasteiger partial charge in [0.05, 0.1) is 5.75 Å². The summed E-state index contributed by atoms with van der Waals surface area (Å²) in [5.74, 6) is 0.160. The van der Waals surface area contributed by atoms with Gasteiger partial charge in [0.15, 0.2) is 0 Å². The van der Waals surface area contributed by atoms with Gasteiger partial charge in [0, 0.05) is 25.2 Å². The molecule has 5 nitrogen and oxygen atoms in total. The smallest absolute Gasteiger partial charge is 0.212 e. The van der Waals surface area contributed by atoms with Crippen molar-refractivity contribution in [2.75, 3.05) is 32.4 Å². The maximum Gasteiger partial charge on any atom is 0.212 e. The van der Waals surface area contributed by atoms with E-state index in [2.05, 4.69) is 35.8 Å². The van der Waals surface area contributed by atoms with E-state index < -0.39 is 10.0 Å². The molecule has 0 spiro atoms. The first kappa shape index (κ1) is 15.9. The molecule has 0 aliphatic heterocycles. The highest BCUT2D eigenvalue weighted by atomic mass is 32.2. The van der Waals surface area contributed by atoms with Gasteiger partial charge in [-0.05, 0) is 39.8 Å². The van der Waals surface area contributed by atoms with Crippen LogP contribution in [0, 0.1) is 0 Å². The van der Waals surface area contributed by atoms with Gasteiger partial charge in [-0.3, -0.25) is 4.90 Å². The fraction of sp³-hybridized carbons (Fsp3) is 1.00. The Labute approximate surface area is 111 Å². The van der Waals surface area contributed by atoms with E-state index in [0.717, 1.165) is 13.0 Å². The van der Waals surface area contributed by atoms with Crippen LogP contribution in [0.5, 0.6) is 0 Å². The van der Waals surface area contributed by atoms with Crippen molar-refractivity contribution in [1.82, 2.24) is 14.9 Å². The summed E-state index contributed by atoms with van der Waals surface area (Å²) in [6.45, 7) is 6.03. The van der Waals surface area contributed by atoms with Crippen molar-refractivity contribution in [3.8, 4) is 0 Å². The van der Waals surface area contributed by atoms with E-state index in [-0.39, 0.29) is 11.8 Å². The predicted molar refractivity (Wildman–Crippen MR) is 75.2 cm³/mol. The van der Waals surface area contributed by atoms with E-state index in [1.165, 1.54) is 12.8 Å². The first-order chi connectivity index (χ1) is 8.46. The molecule has 1 saturated carbocycles. The van der Waals surface area contributed by atoms with Gasteiger partial charge < -0.3 is 5.32 Å². The van der Waals surface area contributed by atoms with Gasteiger partial charge in [-0.2, -0.15) is 0 Å². The predicted octanol–water partition coefficient (Wildman–Crippen LogP) is 0.388. The molecule has 1 fully saturated rings. The summed E-state index contributed by atoms with van der Waals surface area (Å²) in [5, 5.41) is 3.10. The molecule has 0 amide bonds. The Bertz CT molecular complexity index is 328. The molecule has 1 atom stereocenters. The van der Waals surface area contributed by atoms with Gasteiger partial charge in [-0.1, -0.05) is 6.92 Å². The lowest BCUT2D eigenvalue weighted by molar-refractivity contribution is 0.248. The lowest BCUT2D eigenvalue weighted by Gasteiger charge is -2.24. The molecule has 0 heterocycles. The van der Waals surface area contributed by atoms with Gasteiger partial charge >= 0.3 is 0 Å². The summed E-state index contributed by atoms with van der Waals surface area (Å²) in [7, 11) is -1.07. The molecule has 6 heteroatoms. The molecule has 1 rings (SSSR count). The van der Waals surface area contributed by atoms with Gasteiger partial charge in [0.1, 0.15) is 0 Å². The van der Waals surface area contributed by atoms with Crippen LogP contribution in [-0.4, -0.2) is 57.8 Å². The first-order valence-electron chi connectivity index (χ1n) is 6.86. The van der Waals surface area contributed by atoms with Gasteiger partial charge in [0.25, 0.3) is 0 Å². The van der Waals surface area contributed by atoms with Crippen LogP contribution in [0.1, 0.15) is 33.1 Å². The van der Waals surface area contributed by atoms with Crippen molar-refractivity contribution < 1.29 is 8.42 Å². The van der Waals surface area contributed by atoms with Crippen LogP contribution >= 0.6 is 0 Å². The van der Waals surface area contributed by atoms with Crippen LogP contribution < -0.4 is 10.0 Å². The van der Waals surface area contributed by atoms with Gasteiger partial charge in [-0.25, -0.2) is 13.1 Å². The number of hydrogen-bond donors (Lipinski definition) is 2. The van der Waals surface area contributed by atoms with Crippen molar-refractivity contribution in [2.45, 2.75) is 45.2 Å². The van der Waals surface area contributed by atoms with Crippen LogP contribution in [0.2, 0.25) is 0 Å². The molecule has 0 saturated heterocycles. The molecular weight excluding hydrogens is 250 g/mol. The maximum atomic E-state index is 11.7. The highest BCUT2D eigenvalue weighted by Gasteiger charge is 2.29. The van der Waals surface area contributed by atoms with Crippen LogP contribution in [0.3, 0.4) is 0 Å². The zero-order valence-corrected chi connectivity index (χ0v) is 12.6. The summed E-state index contributed by atoms with van der Waals surface area (Å²) >= 11 is 0. The summed E-state index contributed by atoms with van der Waals surface area (Å²) in [6, 6.07) is 0.923. The van der Waals surface area contributed by atoms with Gasteiger partial charge in [0.2, 0.25) is 10.0 Å². The number of likely N-dealkylation sites (N-methyl/N-ethyl adjacent to an activating group) is 1. The number of rotatable bonds is 10. The van der Waals surface area contributed by atoms with E-state index in [9.17, 15) is 8.42 Å². The standard InChI is InChI=1S/C12H27N3O2S/c1-4-7-13-8-9-18(16,17)14-10-11(2)15(3)12-5-6-12/h11-14H,4-10H2,1-3H3. The van der Waals surface area contributed by atoms with E-state index in [1.54, 1.807) is 0 Å². The van der Waals surface area contributed by atoms with Crippen LogP contribution in [0.4, 0.5) is 0 Å². The van der Waals surface area contributed by atoms with Crippen molar-refractivity contribution >= 4 is 10.0 Å². The Morgan fingerprint density at radius 3 is 2.56 bits per heavy atom. The number of sulfonamides is 1. The van der Waals surface area contributed by atoms with E-state index in [4.69, 9.17) is 0 Å². The molecule has 0 aromatic heterocycles. The summed E-state index contributed by atoms with van der Waals surface area (Å²) in [6.07, 6.45) is 3.51. The average Bonchev–Trinajstić information content (AvgIpc) is 3.15. The van der Waals surface area contributed by atoms with Crippen LogP contribution in [-0.2, 0) is 10.0 Å². The number of nitrogens with zero attached hydrogens (tertiary/aromatic N) is 1. The molecule has 0 aromatic rings. The SMILES string of the molecule is CCCNCCS(=O)(=O)NCC(C)N(C)C1CC1. The fourth-order valence-electron chi connectivity index (χ4n) is 1.81. The lowest BCUT2D eigenvalue weighted by Crippen LogP contribution is -2.42. The van der Waals surface area contributed by atoms with Crippen molar-refractivity contribution in [1.29, 1.82) is 0 Å². The minimum absolute atomic E-state index is 0.160. The molecule has 0 bridgehead atoms. The minimum Gasteiger partial charge on any atom is -0.316 e. The summed E-state index contributed by atoms with van der Waals surface area (Å²) < 4.78 is 26.2. The Kier molecular flexibility index (Phi) is 6.55. The first-order valence-corrected chi connectivity index (χ1v) is 8.51.